The van der Waals surface area contributed by atoms with E-state index < -0.39 is 8.80 Å². The fourth-order valence-electron chi connectivity index (χ4n) is 2.25. The van der Waals surface area contributed by atoms with Crippen molar-refractivity contribution in [3.63, 3.8) is 0 Å². The molecule has 0 atom stereocenters. The Bertz CT molecular complexity index is 405. The van der Waals surface area contributed by atoms with Crippen molar-refractivity contribution in [2.75, 3.05) is 26.4 Å². The van der Waals surface area contributed by atoms with E-state index in [9.17, 15) is 0 Å². The first-order valence-electron chi connectivity index (χ1n) is 8.03. The van der Waals surface area contributed by atoms with E-state index in [0.717, 1.165) is 24.7 Å². The second-order valence-corrected chi connectivity index (χ2v) is 7.59. The van der Waals surface area contributed by atoms with Crippen molar-refractivity contribution in [2.45, 2.75) is 33.4 Å². The van der Waals surface area contributed by atoms with Gasteiger partial charge in [0.1, 0.15) is 0 Å². The van der Waals surface area contributed by atoms with E-state index in [0.29, 0.717) is 19.8 Å². The first-order valence-corrected chi connectivity index (χ1v) is 9.96. The lowest BCUT2D eigenvalue weighted by molar-refractivity contribution is 0.0713. The van der Waals surface area contributed by atoms with Crippen molar-refractivity contribution in [3.05, 3.63) is 42.0 Å². The first-order chi connectivity index (χ1) is 10.7. The Balaban J connectivity index is 2.45. The van der Waals surface area contributed by atoms with E-state index in [2.05, 4.69) is 36.2 Å². The average molecular weight is 324 g/mol. The quantitative estimate of drug-likeness (QED) is 0.472. The molecule has 1 aromatic carbocycles. The zero-order valence-electron chi connectivity index (χ0n) is 14.1. The summed E-state index contributed by atoms with van der Waals surface area (Å²) in [5.41, 5.74) is 2.39. The van der Waals surface area contributed by atoms with Crippen LogP contribution in [0.4, 0.5) is 0 Å². The SMILES string of the molecule is C=Cc1ccc(CNCC[Si](OCC)(OCC)OCC)cc1. The average Bonchev–Trinajstić information content (AvgIpc) is 2.53. The van der Waals surface area contributed by atoms with Gasteiger partial charge in [-0.25, -0.2) is 0 Å². The van der Waals surface area contributed by atoms with Crippen molar-refractivity contribution in [3.8, 4) is 0 Å². The van der Waals surface area contributed by atoms with E-state index in [1.165, 1.54) is 5.56 Å². The Labute approximate surface area is 135 Å². The molecule has 5 heteroatoms. The maximum Gasteiger partial charge on any atom is 0.502 e. The Morgan fingerprint density at radius 2 is 1.55 bits per heavy atom. The van der Waals surface area contributed by atoms with Gasteiger partial charge in [-0.15, -0.1) is 0 Å². The highest BCUT2D eigenvalue weighted by atomic mass is 28.4. The number of nitrogens with one attached hydrogen (secondary N) is 1. The van der Waals surface area contributed by atoms with Gasteiger partial charge in [0.05, 0.1) is 0 Å². The van der Waals surface area contributed by atoms with Crippen LogP contribution in [0.1, 0.15) is 31.9 Å². The Morgan fingerprint density at radius 3 is 2.00 bits per heavy atom. The van der Waals surface area contributed by atoms with Crippen LogP contribution in [0.2, 0.25) is 6.04 Å². The van der Waals surface area contributed by atoms with Crippen LogP contribution >= 0.6 is 0 Å². The first kappa shape index (κ1) is 19.1. The maximum atomic E-state index is 5.84. The predicted molar refractivity (Wildman–Crippen MR) is 93.7 cm³/mol. The normalized spacial score (nSPS) is 11.6. The minimum absolute atomic E-state index is 0.620. The molecule has 0 aliphatic rings. The summed E-state index contributed by atoms with van der Waals surface area (Å²) in [6, 6.07) is 9.16. The third-order valence-corrected chi connectivity index (χ3v) is 6.29. The molecule has 0 bridgehead atoms. The molecule has 0 aliphatic carbocycles. The third-order valence-electron chi connectivity index (χ3n) is 3.25. The Hall–Kier alpha value is -0.983. The summed E-state index contributed by atoms with van der Waals surface area (Å²) < 4.78 is 17.5. The highest BCUT2D eigenvalue weighted by Gasteiger charge is 2.39. The smallest absolute Gasteiger partial charge is 0.374 e. The van der Waals surface area contributed by atoms with Crippen LogP contribution in [0.5, 0.6) is 0 Å². The molecule has 4 nitrogen and oxygen atoms in total. The fraction of sp³-hybridized carbons (Fsp3) is 0.529. The molecular weight excluding hydrogens is 294 g/mol. The molecule has 1 aromatic rings. The van der Waals surface area contributed by atoms with Gasteiger partial charge in [-0.1, -0.05) is 36.9 Å². The summed E-state index contributed by atoms with van der Waals surface area (Å²) in [6.07, 6.45) is 1.85. The molecule has 0 amide bonds. The Kier molecular flexibility index (Phi) is 9.27. The highest BCUT2D eigenvalue weighted by Crippen LogP contribution is 2.15. The molecule has 0 fully saturated rings. The van der Waals surface area contributed by atoms with Gasteiger partial charge >= 0.3 is 8.80 Å². The number of benzene rings is 1. The van der Waals surface area contributed by atoms with Gasteiger partial charge in [0.25, 0.3) is 0 Å². The van der Waals surface area contributed by atoms with Crippen molar-refractivity contribution >= 4 is 14.9 Å². The molecule has 1 N–H and O–H groups in total. The molecule has 0 aliphatic heterocycles. The zero-order valence-corrected chi connectivity index (χ0v) is 15.1. The third kappa shape index (κ3) is 6.42. The summed E-state index contributed by atoms with van der Waals surface area (Å²) in [4.78, 5) is 0. The van der Waals surface area contributed by atoms with Crippen LogP contribution in [0.25, 0.3) is 6.08 Å². The lowest BCUT2D eigenvalue weighted by Gasteiger charge is -2.28. The van der Waals surface area contributed by atoms with Crippen molar-refractivity contribution in [2.24, 2.45) is 0 Å². The van der Waals surface area contributed by atoms with Gasteiger partial charge < -0.3 is 18.6 Å². The van der Waals surface area contributed by atoms with Crippen LogP contribution in [-0.2, 0) is 19.8 Å². The Morgan fingerprint density at radius 1 is 1.00 bits per heavy atom. The van der Waals surface area contributed by atoms with Crippen LogP contribution in [-0.4, -0.2) is 35.2 Å². The van der Waals surface area contributed by atoms with Gasteiger partial charge in [0.15, 0.2) is 0 Å². The van der Waals surface area contributed by atoms with Crippen molar-refractivity contribution in [1.82, 2.24) is 5.32 Å². The van der Waals surface area contributed by atoms with Gasteiger partial charge in [-0.05, 0) is 38.4 Å². The second kappa shape index (κ2) is 10.7. The van der Waals surface area contributed by atoms with Crippen LogP contribution in [0, 0.1) is 0 Å². The summed E-state index contributed by atoms with van der Waals surface area (Å²) in [7, 11) is -2.52. The molecule has 0 unspecified atom stereocenters. The number of hydrogen-bond acceptors (Lipinski definition) is 4. The molecule has 1 rings (SSSR count). The highest BCUT2D eigenvalue weighted by molar-refractivity contribution is 6.60. The fourth-order valence-corrected chi connectivity index (χ4v) is 4.73. The topological polar surface area (TPSA) is 39.7 Å². The molecule has 0 aromatic heterocycles. The minimum atomic E-state index is -2.52. The lowest BCUT2D eigenvalue weighted by atomic mass is 10.1. The number of hydrogen-bond donors (Lipinski definition) is 1. The molecular formula is C17H29NO3Si. The minimum Gasteiger partial charge on any atom is -0.374 e. The van der Waals surface area contributed by atoms with E-state index >= 15 is 0 Å². The van der Waals surface area contributed by atoms with Crippen molar-refractivity contribution in [1.29, 1.82) is 0 Å². The summed E-state index contributed by atoms with van der Waals surface area (Å²) in [5, 5.41) is 3.44. The van der Waals surface area contributed by atoms with Crippen LogP contribution in [0.3, 0.4) is 0 Å². The molecule has 0 spiro atoms. The lowest BCUT2D eigenvalue weighted by Crippen LogP contribution is -2.47. The monoisotopic (exact) mass is 323 g/mol. The summed E-state index contributed by atoms with van der Waals surface area (Å²) >= 11 is 0. The van der Waals surface area contributed by atoms with Gasteiger partial charge in [-0.2, -0.15) is 0 Å². The maximum absolute atomic E-state index is 5.84. The van der Waals surface area contributed by atoms with Gasteiger partial charge in [-0.3, -0.25) is 0 Å². The van der Waals surface area contributed by atoms with Crippen LogP contribution in [0.15, 0.2) is 30.8 Å². The number of rotatable bonds is 12. The molecule has 124 valence electrons. The molecule has 0 radical (unpaired) electrons. The molecule has 0 heterocycles. The zero-order chi connectivity index (χ0) is 16.3. The van der Waals surface area contributed by atoms with E-state index in [1.54, 1.807) is 0 Å². The largest absolute Gasteiger partial charge is 0.502 e. The van der Waals surface area contributed by atoms with E-state index in [-0.39, 0.29) is 0 Å². The molecule has 22 heavy (non-hydrogen) atoms. The molecule has 0 saturated heterocycles. The standard InChI is InChI=1S/C17H29NO3Si/c1-5-16-9-11-17(12-10-16)15-18-13-14-22(19-6-2,20-7-3)21-8-4/h5,9-12,18H,1,6-8,13-15H2,2-4H3. The predicted octanol–water partition coefficient (Wildman–Crippen LogP) is 3.47. The molecule has 0 saturated carbocycles. The van der Waals surface area contributed by atoms with E-state index in [4.69, 9.17) is 13.3 Å². The van der Waals surface area contributed by atoms with Gasteiger partial charge in [0.2, 0.25) is 0 Å². The summed E-state index contributed by atoms with van der Waals surface area (Å²) in [5.74, 6) is 0. The van der Waals surface area contributed by atoms with E-state index in [1.807, 2.05) is 26.8 Å². The summed E-state index contributed by atoms with van der Waals surface area (Å²) in [6.45, 7) is 13.2. The second-order valence-electron chi connectivity index (χ2n) is 4.85. The van der Waals surface area contributed by atoms with Crippen LogP contribution < -0.4 is 5.32 Å². The van der Waals surface area contributed by atoms with Gasteiger partial charge in [0, 0.05) is 32.4 Å². The van der Waals surface area contributed by atoms with Crippen molar-refractivity contribution < 1.29 is 13.3 Å².